The molecule has 3 aromatic carbocycles. The monoisotopic (exact) mass is 484 g/mol. The molecule has 5 rings (SSSR count). The van der Waals surface area contributed by atoms with Gasteiger partial charge >= 0.3 is 0 Å². The average molecular weight is 485 g/mol. The minimum absolute atomic E-state index is 0.0427. The zero-order chi connectivity index (χ0) is 23.0. The van der Waals surface area contributed by atoms with Gasteiger partial charge in [-0.1, -0.05) is 6.07 Å². The van der Waals surface area contributed by atoms with Crippen LogP contribution in [0.5, 0.6) is 11.5 Å². The molecule has 0 spiro atoms. The molecule has 168 valence electrons. The van der Waals surface area contributed by atoms with E-state index >= 15 is 0 Å². The number of nitrogens with one attached hydrogen (secondary N) is 2. The first-order valence-electron chi connectivity index (χ1n) is 9.91. The van der Waals surface area contributed by atoms with Crippen molar-refractivity contribution in [1.82, 2.24) is 0 Å². The van der Waals surface area contributed by atoms with Crippen LogP contribution in [-0.4, -0.2) is 27.5 Å². The van der Waals surface area contributed by atoms with E-state index < -0.39 is 10.0 Å². The van der Waals surface area contributed by atoms with Crippen molar-refractivity contribution in [3.05, 3.63) is 77.4 Å². The number of sulfonamides is 1. The third kappa shape index (κ3) is 4.35. The number of halogens is 1. The molecule has 10 heteroatoms. The Bertz CT molecular complexity index is 1470. The molecular weight excluding hydrogens is 467 g/mol. The summed E-state index contributed by atoms with van der Waals surface area (Å²) in [6.45, 7) is 0.771. The second-order valence-electron chi connectivity index (χ2n) is 7.20. The summed E-state index contributed by atoms with van der Waals surface area (Å²) in [6, 6.07) is 16.9. The van der Waals surface area contributed by atoms with Gasteiger partial charge < -0.3 is 14.8 Å². The number of benzene rings is 3. The minimum Gasteiger partial charge on any atom is -0.486 e. The molecule has 4 aromatic rings. The Balaban J connectivity index is 1.29. The quantitative estimate of drug-likeness (QED) is 0.422. The van der Waals surface area contributed by atoms with Gasteiger partial charge in [-0.15, -0.1) is 11.3 Å². The lowest BCUT2D eigenvalue weighted by Gasteiger charge is -2.19. The highest BCUT2D eigenvalue weighted by Crippen LogP contribution is 2.33. The smallest absolute Gasteiger partial charge is 0.265 e. The van der Waals surface area contributed by atoms with Crippen LogP contribution in [0, 0.1) is 5.82 Å². The molecular formula is C23H17FN2O5S2. The number of thiophene rings is 1. The van der Waals surface area contributed by atoms with Crippen molar-refractivity contribution >= 4 is 48.7 Å². The summed E-state index contributed by atoms with van der Waals surface area (Å²) in [5.41, 5.74) is 0.798. The molecule has 0 aliphatic carbocycles. The van der Waals surface area contributed by atoms with Gasteiger partial charge in [-0.2, -0.15) is 0 Å². The summed E-state index contributed by atoms with van der Waals surface area (Å²) in [7, 11) is -3.85. The van der Waals surface area contributed by atoms with E-state index in [-0.39, 0.29) is 16.6 Å². The second kappa shape index (κ2) is 8.38. The van der Waals surface area contributed by atoms with Crippen LogP contribution in [0.25, 0.3) is 10.1 Å². The molecule has 0 saturated carbocycles. The molecule has 1 aromatic heterocycles. The SMILES string of the molecule is O=C(Nc1ccc(NS(=O)(=O)c2ccc3c(c2)OCCO3)cc1)c1cc2c(F)cccc2s1. The number of hydrogen-bond donors (Lipinski definition) is 2. The second-order valence-corrected chi connectivity index (χ2v) is 9.97. The van der Waals surface area contributed by atoms with Crippen LogP contribution < -0.4 is 19.5 Å². The van der Waals surface area contributed by atoms with Gasteiger partial charge in [0.1, 0.15) is 19.0 Å². The molecule has 0 atom stereocenters. The molecule has 2 heterocycles. The zero-order valence-electron chi connectivity index (χ0n) is 17.0. The van der Waals surface area contributed by atoms with Gasteiger partial charge in [-0.3, -0.25) is 9.52 Å². The number of hydrogen-bond acceptors (Lipinski definition) is 6. The molecule has 1 aliphatic rings. The average Bonchev–Trinajstić information content (AvgIpc) is 3.26. The largest absolute Gasteiger partial charge is 0.486 e. The molecule has 0 fully saturated rings. The fourth-order valence-corrected chi connectivity index (χ4v) is 5.40. The van der Waals surface area contributed by atoms with Gasteiger partial charge in [0, 0.05) is 27.5 Å². The first-order valence-corrected chi connectivity index (χ1v) is 12.2. The molecule has 33 heavy (non-hydrogen) atoms. The first-order chi connectivity index (χ1) is 15.9. The van der Waals surface area contributed by atoms with Crippen LogP contribution in [0.2, 0.25) is 0 Å². The lowest BCUT2D eigenvalue weighted by atomic mass is 10.2. The Kier molecular flexibility index (Phi) is 5.39. The lowest BCUT2D eigenvalue weighted by molar-refractivity contribution is 0.103. The molecule has 2 N–H and O–H groups in total. The summed E-state index contributed by atoms with van der Waals surface area (Å²) in [6.07, 6.45) is 0. The predicted octanol–water partition coefficient (Wildman–Crippen LogP) is 4.86. The van der Waals surface area contributed by atoms with E-state index in [1.807, 2.05) is 0 Å². The molecule has 0 bridgehead atoms. The van der Waals surface area contributed by atoms with Gasteiger partial charge in [0.15, 0.2) is 11.5 Å². The summed E-state index contributed by atoms with van der Waals surface area (Å²) in [4.78, 5) is 13.0. The standard InChI is InChI=1S/C23H17FN2O5S2/c24-18-2-1-3-21-17(18)13-22(32-21)23(27)25-14-4-6-15(7-5-14)26-33(28,29)16-8-9-19-20(12-16)31-11-10-30-19/h1-9,12-13,26H,10-11H2,(H,25,27). The predicted molar refractivity (Wildman–Crippen MR) is 124 cm³/mol. The Morgan fingerprint density at radius 2 is 1.64 bits per heavy atom. The highest BCUT2D eigenvalue weighted by atomic mass is 32.2. The molecule has 0 radical (unpaired) electrons. The van der Waals surface area contributed by atoms with Crippen molar-refractivity contribution in [3.8, 4) is 11.5 Å². The zero-order valence-corrected chi connectivity index (χ0v) is 18.6. The van der Waals surface area contributed by atoms with Crippen LogP contribution >= 0.6 is 11.3 Å². The number of fused-ring (bicyclic) bond motifs is 2. The summed E-state index contributed by atoms with van der Waals surface area (Å²) >= 11 is 1.19. The number of anilines is 2. The van der Waals surface area contributed by atoms with Gasteiger partial charge in [0.2, 0.25) is 0 Å². The van der Waals surface area contributed by atoms with E-state index in [9.17, 15) is 17.6 Å². The number of ether oxygens (including phenoxy) is 2. The van der Waals surface area contributed by atoms with E-state index in [4.69, 9.17) is 9.47 Å². The van der Waals surface area contributed by atoms with Gasteiger partial charge in [-0.25, -0.2) is 12.8 Å². The number of amides is 1. The third-order valence-electron chi connectivity index (χ3n) is 4.95. The first kappa shape index (κ1) is 21.2. The summed E-state index contributed by atoms with van der Waals surface area (Å²) in [5, 5.41) is 3.14. The Labute approximate surface area is 192 Å². The molecule has 0 saturated heterocycles. The fourth-order valence-electron chi connectivity index (χ4n) is 3.36. The lowest BCUT2D eigenvalue weighted by Crippen LogP contribution is -2.17. The van der Waals surface area contributed by atoms with E-state index in [1.54, 1.807) is 30.3 Å². The van der Waals surface area contributed by atoms with Crippen molar-refractivity contribution in [3.63, 3.8) is 0 Å². The topological polar surface area (TPSA) is 93.7 Å². The highest BCUT2D eigenvalue weighted by Gasteiger charge is 2.20. The van der Waals surface area contributed by atoms with E-state index in [2.05, 4.69) is 10.0 Å². The maximum absolute atomic E-state index is 13.9. The Hall–Kier alpha value is -3.63. The highest BCUT2D eigenvalue weighted by molar-refractivity contribution is 7.92. The van der Waals surface area contributed by atoms with Crippen LogP contribution in [0.1, 0.15) is 9.67 Å². The van der Waals surface area contributed by atoms with E-state index in [0.29, 0.717) is 51.1 Å². The van der Waals surface area contributed by atoms with Crippen LogP contribution in [-0.2, 0) is 10.0 Å². The van der Waals surface area contributed by atoms with Crippen molar-refractivity contribution < 1.29 is 27.1 Å². The molecule has 1 aliphatic heterocycles. The molecule has 1 amide bonds. The normalized spacial score (nSPS) is 13.0. The van der Waals surface area contributed by atoms with Crippen LogP contribution in [0.15, 0.2) is 71.6 Å². The maximum atomic E-state index is 13.9. The van der Waals surface area contributed by atoms with Gasteiger partial charge in [-0.05, 0) is 54.6 Å². The number of carbonyl (C=O) groups is 1. The van der Waals surface area contributed by atoms with Crippen LogP contribution in [0.3, 0.4) is 0 Å². The van der Waals surface area contributed by atoms with E-state index in [0.717, 1.165) is 0 Å². The molecule has 0 unspecified atom stereocenters. The Morgan fingerprint density at radius 1 is 0.909 bits per heavy atom. The summed E-state index contributed by atoms with van der Waals surface area (Å²) < 4.78 is 53.4. The number of carbonyl (C=O) groups excluding carboxylic acids is 1. The van der Waals surface area contributed by atoms with Crippen molar-refractivity contribution in [2.24, 2.45) is 0 Å². The van der Waals surface area contributed by atoms with E-state index in [1.165, 1.54) is 47.7 Å². The number of rotatable bonds is 5. The fraction of sp³-hybridized carbons (Fsp3) is 0.0870. The van der Waals surface area contributed by atoms with Crippen molar-refractivity contribution in [1.29, 1.82) is 0 Å². The third-order valence-corrected chi connectivity index (χ3v) is 7.43. The molecule has 7 nitrogen and oxygen atoms in total. The van der Waals surface area contributed by atoms with Crippen LogP contribution in [0.4, 0.5) is 15.8 Å². The minimum atomic E-state index is -3.85. The summed E-state index contributed by atoms with van der Waals surface area (Å²) in [5.74, 6) is 0.127. The van der Waals surface area contributed by atoms with Gasteiger partial charge in [0.05, 0.1) is 9.77 Å². The maximum Gasteiger partial charge on any atom is 0.265 e. The van der Waals surface area contributed by atoms with Crippen molar-refractivity contribution in [2.45, 2.75) is 4.90 Å². The van der Waals surface area contributed by atoms with Gasteiger partial charge in [0.25, 0.3) is 15.9 Å². The Morgan fingerprint density at radius 3 is 2.39 bits per heavy atom. The van der Waals surface area contributed by atoms with Crippen molar-refractivity contribution in [2.75, 3.05) is 23.3 Å².